The van der Waals surface area contributed by atoms with Gasteiger partial charge in [0.2, 0.25) is 0 Å². The van der Waals surface area contributed by atoms with Crippen molar-refractivity contribution in [2.45, 2.75) is 6.92 Å². The maximum Gasteiger partial charge on any atom is 0.269 e. The number of nitro groups is 1. The van der Waals surface area contributed by atoms with Crippen LogP contribution in [-0.2, 0) is 0 Å². The van der Waals surface area contributed by atoms with Crippen LogP contribution in [0, 0.1) is 17.0 Å². The van der Waals surface area contributed by atoms with Crippen molar-refractivity contribution in [3.8, 4) is 22.9 Å². The first-order chi connectivity index (χ1) is 12.0. The molecule has 0 spiro atoms. The molecule has 0 aliphatic rings. The lowest BCUT2D eigenvalue weighted by atomic mass is 10.1. The Kier molecular flexibility index (Phi) is 3.54. The maximum absolute atomic E-state index is 10.9. The number of aryl methyl sites for hydroxylation is 1. The monoisotopic (exact) mass is 353 g/mol. The lowest BCUT2D eigenvalue weighted by molar-refractivity contribution is -0.384. The summed E-state index contributed by atoms with van der Waals surface area (Å²) in [5, 5.41) is 11.5. The van der Waals surface area contributed by atoms with Gasteiger partial charge in [0.1, 0.15) is 5.76 Å². The number of hydrogen-bond acceptors (Lipinski definition) is 4. The number of rotatable bonds is 3. The van der Waals surface area contributed by atoms with Crippen LogP contribution in [0.15, 0.2) is 52.9 Å². The molecule has 2 aromatic carbocycles. The smallest absolute Gasteiger partial charge is 0.269 e. The van der Waals surface area contributed by atoms with Gasteiger partial charge in [0.05, 0.1) is 16.0 Å². The molecule has 0 saturated carbocycles. The molecule has 124 valence electrons. The molecule has 0 aliphatic heterocycles. The second-order valence-electron chi connectivity index (χ2n) is 5.67. The summed E-state index contributed by atoms with van der Waals surface area (Å²) in [4.78, 5) is 18.1. The average Bonchev–Trinajstić information content (AvgIpc) is 3.20. The van der Waals surface area contributed by atoms with Crippen LogP contribution in [0.3, 0.4) is 0 Å². The number of non-ortho nitro benzene ring substituents is 1. The lowest BCUT2D eigenvalue weighted by Crippen LogP contribution is -1.89. The van der Waals surface area contributed by atoms with Crippen molar-refractivity contribution in [1.29, 1.82) is 0 Å². The highest BCUT2D eigenvalue weighted by Gasteiger charge is 2.14. The van der Waals surface area contributed by atoms with Crippen LogP contribution in [-0.4, -0.2) is 14.9 Å². The van der Waals surface area contributed by atoms with Gasteiger partial charge in [0.25, 0.3) is 5.69 Å². The summed E-state index contributed by atoms with van der Waals surface area (Å²) < 4.78 is 5.90. The highest BCUT2D eigenvalue weighted by molar-refractivity contribution is 6.31. The highest BCUT2D eigenvalue weighted by Crippen LogP contribution is 2.32. The number of imidazole rings is 1. The van der Waals surface area contributed by atoms with Gasteiger partial charge in [-0.2, -0.15) is 0 Å². The second kappa shape index (κ2) is 5.75. The Balaban J connectivity index is 1.73. The van der Waals surface area contributed by atoms with E-state index in [1.807, 2.05) is 25.1 Å². The van der Waals surface area contributed by atoms with Crippen molar-refractivity contribution >= 4 is 28.3 Å². The minimum Gasteiger partial charge on any atom is -0.453 e. The number of halogens is 1. The van der Waals surface area contributed by atoms with Crippen LogP contribution in [0.25, 0.3) is 33.9 Å². The Morgan fingerprint density at radius 2 is 1.92 bits per heavy atom. The average molecular weight is 354 g/mol. The van der Waals surface area contributed by atoms with Crippen LogP contribution < -0.4 is 0 Å². The van der Waals surface area contributed by atoms with Gasteiger partial charge in [0, 0.05) is 22.7 Å². The first kappa shape index (κ1) is 15.4. The van der Waals surface area contributed by atoms with Gasteiger partial charge < -0.3 is 9.40 Å². The van der Waals surface area contributed by atoms with Gasteiger partial charge in [-0.25, -0.2) is 4.98 Å². The van der Waals surface area contributed by atoms with Crippen LogP contribution in [0.2, 0.25) is 5.02 Å². The van der Waals surface area contributed by atoms with E-state index in [0.29, 0.717) is 22.4 Å². The Hall–Kier alpha value is -3.12. The SMILES string of the molecule is Cc1cc([N+](=O)[O-])ccc1-c1ccc(-c2nc3ccc(Cl)cc3[nH]2)o1. The predicted octanol–water partition coefficient (Wildman–Crippen LogP) is 5.36. The number of fused-ring (bicyclic) bond motifs is 1. The molecule has 6 nitrogen and oxygen atoms in total. The quantitative estimate of drug-likeness (QED) is 0.397. The Bertz CT molecular complexity index is 1110. The molecule has 2 aromatic heterocycles. The number of aromatic nitrogens is 2. The van der Waals surface area contributed by atoms with Crippen molar-refractivity contribution in [3.05, 3.63) is 69.2 Å². The minimum atomic E-state index is -0.413. The molecule has 4 rings (SSSR count). The molecule has 7 heteroatoms. The van der Waals surface area contributed by atoms with Crippen LogP contribution in [0.1, 0.15) is 5.56 Å². The van der Waals surface area contributed by atoms with Crippen LogP contribution in [0.5, 0.6) is 0 Å². The number of aromatic amines is 1. The van der Waals surface area contributed by atoms with Gasteiger partial charge in [-0.15, -0.1) is 0 Å². The number of hydrogen-bond donors (Lipinski definition) is 1. The van der Waals surface area contributed by atoms with E-state index in [-0.39, 0.29) is 5.69 Å². The summed E-state index contributed by atoms with van der Waals surface area (Å²) in [5.41, 5.74) is 3.25. The number of nitrogens with one attached hydrogen (secondary N) is 1. The molecular weight excluding hydrogens is 342 g/mol. The fourth-order valence-electron chi connectivity index (χ4n) is 2.75. The fourth-order valence-corrected chi connectivity index (χ4v) is 2.92. The van der Waals surface area contributed by atoms with Crippen LogP contribution >= 0.6 is 11.6 Å². The van der Waals surface area contributed by atoms with E-state index in [1.54, 1.807) is 18.2 Å². The zero-order chi connectivity index (χ0) is 17.6. The van der Waals surface area contributed by atoms with Crippen molar-refractivity contribution in [1.82, 2.24) is 9.97 Å². The van der Waals surface area contributed by atoms with Gasteiger partial charge in [-0.3, -0.25) is 10.1 Å². The summed E-state index contributed by atoms with van der Waals surface area (Å²) in [6.07, 6.45) is 0. The van der Waals surface area contributed by atoms with Gasteiger partial charge in [0.15, 0.2) is 11.6 Å². The standard InChI is InChI=1S/C18H12ClN3O3/c1-10-8-12(22(23)24)3-4-13(10)16-6-7-17(25-16)18-20-14-5-2-11(19)9-15(14)21-18/h2-9H,1H3,(H,20,21). The van der Waals surface area contributed by atoms with E-state index in [0.717, 1.165) is 22.2 Å². The molecule has 0 atom stereocenters. The third-order valence-corrected chi connectivity index (χ3v) is 4.20. The van der Waals surface area contributed by atoms with E-state index >= 15 is 0 Å². The Morgan fingerprint density at radius 3 is 2.68 bits per heavy atom. The number of benzene rings is 2. The normalized spacial score (nSPS) is 11.1. The van der Waals surface area contributed by atoms with Crippen molar-refractivity contribution in [2.75, 3.05) is 0 Å². The van der Waals surface area contributed by atoms with Crippen molar-refractivity contribution in [2.24, 2.45) is 0 Å². The first-order valence-corrected chi connectivity index (χ1v) is 7.90. The largest absolute Gasteiger partial charge is 0.453 e. The highest BCUT2D eigenvalue weighted by atomic mass is 35.5. The third kappa shape index (κ3) is 2.77. The van der Waals surface area contributed by atoms with E-state index in [2.05, 4.69) is 9.97 Å². The molecule has 1 N–H and O–H groups in total. The lowest BCUT2D eigenvalue weighted by Gasteiger charge is -2.02. The molecule has 4 aromatic rings. The van der Waals surface area contributed by atoms with Crippen molar-refractivity contribution < 1.29 is 9.34 Å². The molecule has 0 fully saturated rings. The second-order valence-corrected chi connectivity index (χ2v) is 6.10. The zero-order valence-electron chi connectivity index (χ0n) is 13.1. The number of nitro benzene ring substituents is 1. The summed E-state index contributed by atoms with van der Waals surface area (Å²) in [7, 11) is 0. The van der Waals surface area contributed by atoms with Gasteiger partial charge in [-0.05, 0) is 48.9 Å². The molecule has 0 aliphatic carbocycles. The van der Waals surface area contributed by atoms with E-state index in [4.69, 9.17) is 16.0 Å². The number of H-pyrrole nitrogens is 1. The van der Waals surface area contributed by atoms with Crippen molar-refractivity contribution in [3.63, 3.8) is 0 Å². The minimum absolute atomic E-state index is 0.0576. The molecule has 25 heavy (non-hydrogen) atoms. The molecule has 2 heterocycles. The summed E-state index contributed by atoms with van der Waals surface area (Å²) in [6.45, 7) is 1.81. The van der Waals surface area contributed by atoms with Gasteiger partial charge in [-0.1, -0.05) is 11.6 Å². The molecule has 0 amide bonds. The first-order valence-electron chi connectivity index (χ1n) is 7.52. The number of furan rings is 1. The predicted molar refractivity (Wildman–Crippen MR) is 95.6 cm³/mol. The molecular formula is C18H12ClN3O3. The molecule has 0 saturated heterocycles. The summed E-state index contributed by atoms with van der Waals surface area (Å²) >= 11 is 5.99. The summed E-state index contributed by atoms with van der Waals surface area (Å²) in [5.74, 6) is 1.81. The number of nitrogens with zero attached hydrogens (tertiary/aromatic N) is 2. The maximum atomic E-state index is 10.9. The molecule has 0 radical (unpaired) electrons. The van der Waals surface area contributed by atoms with Crippen LogP contribution in [0.4, 0.5) is 5.69 Å². The fraction of sp³-hybridized carbons (Fsp3) is 0.0556. The third-order valence-electron chi connectivity index (χ3n) is 3.97. The zero-order valence-corrected chi connectivity index (χ0v) is 13.9. The molecule has 0 bridgehead atoms. The Labute approximate surface area is 147 Å². The van der Waals surface area contributed by atoms with Gasteiger partial charge >= 0.3 is 0 Å². The van der Waals surface area contributed by atoms with E-state index < -0.39 is 4.92 Å². The van der Waals surface area contributed by atoms with E-state index in [9.17, 15) is 10.1 Å². The van der Waals surface area contributed by atoms with E-state index in [1.165, 1.54) is 12.1 Å². The topological polar surface area (TPSA) is 85.0 Å². The Morgan fingerprint density at radius 1 is 1.12 bits per heavy atom. The summed E-state index contributed by atoms with van der Waals surface area (Å²) in [6, 6.07) is 13.7. The molecule has 0 unspecified atom stereocenters.